The van der Waals surface area contributed by atoms with Crippen molar-refractivity contribution >= 4 is 23.4 Å². The van der Waals surface area contributed by atoms with E-state index < -0.39 is 30.0 Å². The molecule has 4 rings (SSSR count). The summed E-state index contributed by atoms with van der Waals surface area (Å²) in [6.45, 7) is 6.78. The molecule has 3 atom stereocenters. The molecule has 0 saturated carbocycles. The van der Waals surface area contributed by atoms with Gasteiger partial charge in [-0.2, -0.15) is 0 Å². The molecule has 0 aliphatic carbocycles. The number of amides is 3. The number of carbonyl (C=O) groups is 3. The minimum absolute atomic E-state index is 0.0553. The van der Waals surface area contributed by atoms with Gasteiger partial charge in [-0.25, -0.2) is 4.39 Å². The van der Waals surface area contributed by atoms with Crippen LogP contribution in [0, 0.1) is 5.82 Å². The minimum Gasteiger partial charge on any atom is -0.393 e. The molecule has 11 heteroatoms. The predicted molar refractivity (Wildman–Crippen MR) is 215 cm³/mol. The van der Waals surface area contributed by atoms with Crippen LogP contribution < -0.4 is 16.0 Å². The largest absolute Gasteiger partial charge is 0.393 e. The van der Waals surface area contributed by atoms with Crippen molar-refractivity contribution in [1.82, 2.24) is 15.2 Å². The third kappa shape index (κ3) is 13.0. The van der Waals surface area contributed by atoms with E-state index in [1.54, 1.807) is 18.2 Å². The van der Waals surface area contributed by atoms with Gasteiger partial charge in [0.25, 0.3) is 5.91 Å². The number of aliphatic hydroxyl groups is 3. The van der Waals surface area contributed by atoms with Gasteiger partial charge in [0, 0.05) is 43.0 Å². The molecule has 55 heavy (non-hydrogen) atoms. The van der Waals surface area contributed by atoms with Gasteiger partial charge < -0.3 is 35.8 Å². The van der Waals surface area contributed by atoms with Crippen LogP contribution in [0.2, 0.25) is 0 Å². The van der Waals surface area contributed by atoms with Crippen LogP contribution in [0.15, 0.2) is 97.1 Å². The summed E-state index contributed by atoms with van der Waals surface area (Å²) in [5.74, 6) is -1.35. The van der Waals surface area contributed by atoms with Gasteiger partial charge in [0.1, 0.15) is 5.82 Å². The summed E-state index contributed by atoms with van der Waals surface area (Å²) < 4.78 is 16.2. The quantitative estimate of drug-likeness (QED) is 0.0506. The van der Waals surface area contributed by atoms with Crippen LogP contribution in [0.3, 0.4) is 0 Å². The van der Waals surface area contributed by atoms with Gasteiger partial charge in [0.05, 0.1) is 36.0 Å². The number of benzene rings is 3. The number of para-hydroxylation sites is 1. The maximum Gasteiger partial charge on any atom is 0.258 e. The Labute approximate surface area is 323 Å². The Bertz CT molecular complexity index is 1840. The lowest BCUT2D eigenvalue weighted by atomic mass is 9.94. The summed E-state index contributed by atoms with van der Waals surface area (Å²) in [5, 5.41) is 40.6. The summed E-state index contributed by atoms with van der Waals surface area (Å²) in [6, 6.07) is 24.9. The number of nitrogens with zero attached hydrogens (tertiary/aromatic N) is 1. The number of hydrogen-bond donors (Lipinski definition) is 6. The molecule has 0 saturated heterocycles. The van der Waals surface area contributed by atoms with Crippen molar-refractivity contribution < 1.29 is 34.1 Å². The number of aromatic nitrogens is 1. The molecule has 0 aliphatic rings. The standard InChI is InChI=1S/C44H55FN4O6/c1-4-5-8-17-38(53)46-25-22-35(50)23-26-47-39(54)29-37(52)28-36(51)24-27-49-42(30(2)3)41(44(55)48-34-15-11-7-12-16-34)40(31-13-9-6-10-14-31)43(49)32-18-20-33(45)21-19-32/h5-16,18-21,30,35-37,50-52H,4,17,22-29H2,1-3H3,(H,46,53)(H,47,54)(H,48,55)/b8-5-/t35?,36-,37-/m1/s1. The highest BCUT2D eigenvalue weighted by atomic mass is 19.1. The predicted octanol–water partition coefficient (Wildman–Crippen LogP) is 6.96. The summed E-state index contributed by atoms with van der Waals surface area (Å²) in [5.41, 5.74) is 4.74. The fourth-order valence-electron chi connectivity index (χ4n) is 6.62. The van der Waals surface area contributed by atoms with Crippen molar-refractivity contribution in [1.29, 1.82) is 0 Å². The first-order valence-corrected chi connectivity index (χ1v) is 19.1. The normalized spacial score (nSPS) is 13.1. The Balaban J connectivity index is 1.46. The third-order valence-electron chi connectivity index (χ3n) is 9.25. The molecule has 1 aromatic heterocycles. The number of rotatable bonds is 21. The Morgan fingerprint density at radius 1 is 0.745 bits per heavy atom. The molecule has 0 fully saturated rings. The summed E-state index contributed by atoms with van der Waals surface area (Å²) in [6.07, 6.45) is 2.62. The number of anilines is 1. The topological polar surface area (TPSA) is 153 Å². The van der Waals surface area contributed by atoms with E-state index in [9.17, 15) is 34.1 Å². The lowest BCUT2D eigenvalue weighted by Gasteiger charge is -2.20. The highest BCUT2D eigenvalue weighted by molar-refractivity contribution is 6.12. The number of aliphatic hydroxyl groups excluding tert-OH is 3. The molecule has 6 N–H and O–H groups in total. The first kappa shape index (κ1) is 42.6. The highest BCUT2D eigenvalue weighted by Crippen LogP contribution is 2.42. The molecule has 0 bridgehead atoms. The van der Waals surface area contributed by atoms with E-state index >= 15 is 0 Å². The van der Waals surface area contributed by atoms with Crippen LogP contribution in [0.4, 0.5) is 10.1 Å². The van der Waals surface area contributed by atoms with E-state index in [1.807, 2.05) is 92.1 Å². The van der Waals surface area contributed by atoms with Crippen molar-refractivity contribution in [3.63, 3.8) is 0 Å². The third-order valence-corrected chi connectivity index (χ3v) is 9.25. The van der Waals surface area contributed by atoms with Crippen LogP contribution in [-0.4, -0.2) is 69.0 Å². The molecule has 4 aromatic rings. The Morgan fingerprint density at radius 2 is 1.36 bits per heavy atom. The Hall–Kier alpha value is -5.10. The van der Waals surface area contributed by atoms with E-state index in [-0.39, 0.29) is 56.5 Å². The minimum atomic E-state index is -1.12. The molecule has 1 unspecified atom stereocenters. The summed E-state index contributed by atoms with van der Waals surface area (Å²) in [7, 11) is 0. The average molecular weight is 755 g/mol. The molecule has 3 amide bonds. The van der Waals surface area contributed by atoms with Crippen molar-refractivity contribution in [2.45, 2.75) is 96.5 Å². The second kappa shape index (κ2) is 21.7. The second-order valence-corrected chi connectivity index (χ2v) is 14.0. The van der Waals surface area contributed by atoms with Gasteiger partial charge in [-0.15, -0.1) is 0 Å². The summed E-state index contributed by atoms with van der Waals surface area (Å²) in [4.78, 5) is 38.6. The van der Waals surface area contributed by atoms with Gasteiger partial charge in [-0.05, 0) is 85.5 Å². The van der Waals surface area contributed by atoms with Crippen LogP contribution in [0.1, 0.15) is 87.7 Å². The first-order chi connectivity index (χ1) is 26.5. The monoisotopic (exact) mass is 754 g/mol. The number of halogens is 1. The molecule has 294 valence electrons. The van der Waals surface area contributed by atoms with E-state index in [1.165, 1.54) is 12.1 Å². The molecule has 3 aromatic carbocycles. The molecule has 10 nitrogen and oxygen atoms in total. The van der Waals surface area contributed by atoms with E-state index in [4.69, 9.17) is 0 Å². The zero-order valence-corrected chi connectivity index (χ0v) is 32.0. The number of allylic oxidation sites excluding steroid dienone is 1. The van der Waals surface area contributed by atoms with Crippen molar-refractivity contribution in [3.8, 4) is 22.4 Å². The van der Waals surface area contributed by atoms with Gasteiger partial charge in [-0.3, -0.25) is 14.4 Å². The maximum atomic E-state index is 14.3. The van der Waals surface area contributed by atoms with E-state index in [0.717, 1.165) is 17.7 Å². The number of hydrogen-bond acceptors (Lipinski definition) is 6. The van der Waals surface area contributed by atoms with E-state index in [0.29, 0.717) is 47.5 Å². The smallest absolute Gasteiger partial charge is 0.258 e. The summed E-state index contributed by atoms with van der Waals surface area (Å²) >= 11 is 0. The van der Waals surface area contributed by atoms with Crippen molar-refractivity contribution in [2.75, 3.05) is 18.4 Å². The number of carbonyl (C=O) groups excluding carboxylic acids is 3. The van der Waals surface area contributed by atoms with Crippen LogP contribution in [-0.2, 0) is 16.1 Å². The van der Waals surface area contributed by atoms with Gasteiger partial charge in [0.2, 0.25) is 11.8 Å². The van der Waals surface area contributed by atoms with Crippen LogP contribution in [0.5, 0.6) is 0 Å². The van der Waals surface area contributed by atoms with Crippen LogP contribution in [0.25, 0.3) is 22.4 Å². The zero-order chi connectivity index (χ0) is 39.7. The number of nitrogens with one attached hydrogen (secondary N) is 3. The fourth-order valence-corrected chi connectivity index (χ4v) is 6.62. The highest BCUT2D eigenvalue weighted by Gasteiger charge is 2.31. The fraction of sp³-hybridized carbons (Fsp3) is 0.386. The molecule has 1 heterocycles. The lowest BCUT2D eigenvalue weighted by molar-refractivity contribution is -0.123. The van der Waals surface area contributed by atoms with Crippen molar-refractivity contribution in [3.05, 3.63) is 114 Å². The SMILES string of the molecule is CC/C=C\CC(=O)NCCC(O)CCNC(=O)C[C@H](O)C[C@H](O)CCn1c(-c2ccc(F)cc2)c(-c2ccccc2)c(C(=O)Nc2ccccc2)c1C(C)C. The molecular formula is C44H55FN4O6. The first-order valence-electron chi connectivity index (χ1n) is 19.1. The van der Waals surface area contributed by atoms with Crippen LogP contribution >= 0.6 is 0 Å². The molecular weight excluding hydrogens is 700 g/mol. The van der Waals surface area contributed by atoms with E-state index in [2.05, 4.69) is 16.0 Å². The van der Waals surface area contributed by atoms with Crippen molar-refractivity contribution in [2.24, 2.45) is 0 Å². The zero-order valence-electron chi connectivity index (χ0n) is 32.0. The molecule has 0 radical (unpaired) electrons. The average Bonchev–Trinajstić information content (AvgIpc) is 3.51. The molecule has 0 aliphatic heterocycles. The lowest BCUT2D eigenvalue weighted by Crippen LogP contribution is -2.32. The Morgan fingerprint density at radius 3 is 1.98 bits per heavy atom. The van der Waals surface area contributed by atoms with Gasteiger partial charge in [0.15, 0.2) is 0 Å². The Kier molecular flexibility index (Phi) is 16.8. The van der Waals surface area contributed by atoms with Gasteiger partial charge in [-0.1, -0.05) is 81.5 Å². The maximum absolute atomic E-state index is 14.3. The molecule has 0 spiro atoms. The second-order valence-electron chi connectivity index (χ2n) is 14.0. The van der Waals surface area contributed by atoms with Gasteiger partial charge >= 0.3 is 0 Å².